The van der Waals surface area contributed by atoms with Crippen LogP contribution in [-0.4, -0.2) is 13.2 Å². The van der Waals surface area contributed by atoms with Crippen LogP contribution in [0.5, 0.6) is 5.75 Å². The van der Waals surface area contributed by atoms with Crippen LogP contribution >= 0.6 is 7.82 Å². The summed E-state index contributed by atoms with van der Waals surface area (Å²) in [7, 11) is -4.41. The zero-order chi connectivity index (χ0) is 24.7. The van der Waals surface area contributed by atoms with E-state index >= 15 is 0 Å². The highest BCUT2D eigenvalue weighted by atomic mass is 31.2. The Balaban J connectivity index is 2.80. The fourth-order valence-corrected chi connectivity index (χ4v) is 3.90. The molecule has 6 nitrogen and oxygen atoms in total. The van der Waals surface area contributed by atoms with Gasteiger partial charge in [-0.3, -0.25) is 0 Å². The van der Waals surface area contributed by atoms with Crippen LogP contribution in [0.2, 0.25) is 0 Å². The monoisotopic (exact) mass is 498 g/mol. The van der Waals surface area contributed by atoms with Crippen molar-refractivity contribution in [3.8, 4) is 5.75 Å². The number of alkyl halides is 3. The third-order valence-corrected chi connectivity index (χ3v) is 6.39. The van der Waals surface area contributed by atoms with E-state index < -0.39 is 19.6 Å². The van der Waals surface area contributed by atoms with E-state index in [1.807, 2.05) is 13.8 Å². The molecule has 0 saturated heterocycles. The van der Waals surface area contributed by atoms with Gasteiger partial charge in [0.25, 0.3) is 0 Å². The van der Waals surface area contributed by atoms with Gasteiger partial charge in [-0.25, -0.2) is 14.3 Å². The Bertz CT molecular complexity index is 658. The summed E-state index contributed by atoms with van der Waals surface area (Å²) in [6.45, 7) is 8.56. The molecule has 10 heteroatoms. The molecule has 0 bridgehead atoms. The zero-order valence-corrected chi connectivity index (χ0v) is 21.0. The van der Waals surface area contributed by atoms with E-state index in [0.717, 1.165) is 75.6 Å². The van der Waals surface area contributed by atoms with Crippen LogP contribution in [0.1, 0.15) is 84.6 Å². The van der Waals surface area contributed by atoms with E-state index in [9.17, 15) is 17.7 Å². The lowest BCUT2D eigenvalue weighted by atomic mass is 10.0. The number of halogens is 3. The maximum atomic E-state index is 13.1. The molecule has 33 heavy (non-hydrogen) atoms. The van der Waals surface area contributed by atoms with Gasteiger partial charge in [-0.15, -0.1) is 9.35 Å². The first-order valence-corrected chi connectivity index (χ1v) is 13.2. The molecule has 1 aromatic rings. The molecule has 0 heterocycles. The topological polar surface area (TPSA) is 63.2 Å². The maximum Gasteiger partial charge on any atom is 0.585 e. The Hall–Kier alpha value is -1.12. The number of hydrogen-bond acceptors (Lipinski definition) is 6. The fraction of sp³-hybridized carbons (Fsp3) is 0.739. The van der Waals surface area contributed by atoms with E-state index in [0.29, 0.717) is 0 Å². The summed E-state index contributed by atoms with van der Waals surface area (Å²) in [5, 5.41) is 0. The first-order chi connectivity index (χ1) is 15.7. The Morgan fingerprint density at radius 1 is 0.818 bits per heavy atom. The lowest BCUT2D eigenvalue weighted by Gasteiger charge is -2.20. The van der Waals surface area contributed by atoms with Gasteiger partial charge in [0.05, 0.1) is 18.8 Å². The number of phosphoric acid groups is 1. The summed E-state index contributed by atoms with van der Waals surface area (Å²) in [6.07, 6.45) is 3.18. The molecule has 0 aromatic heterocycles. The van der Waals surface area contributed by atoms with Crippen molar-refractivity contribution in [3.63, 3.8) is 0 Å². The van der Waals surface area contributed by atoms with Gasteiger partial charge in [-0.05, 0) is 48.9 Å². The molecule has 0 aliphatic carbocycles. The number of benzene rings is 1. The average molecular weight is 499 g/mol. The SMILES string of the molecule is CCCCC(CC)COOP(=O)(OOCC(CC)CCCC)Oc1ccc(C(F)(F)F)cc1. The van der Waals surface area contributed by atoms with E-state index in [1.165, 1.54) is 0 Å². The minimum atomic E-state index is -4.50. The number of unbranched alkanes of at least 4 members (excludes halogenated alkanes) is 2. The summed E-state index contributed by atoms with van der Waals surface area (Å²) in [6, 6.07) is 3.71. The van der Waals surface area contributed by atoms with Gasteiger partial charge >= 0.3 is 14.0 Å². The van der Waals surface area contributed by atoms with Gasteiger partial charge < -0.3 is 4.52 Å². The normalized spacial score (nSPS) is 15.7. The first-order valence-electron chi connectivity index (χ1n) is 11.8. The molecular formula is C23H38F3O6P. The molecule has 0 fully saturated rings. The Morgan fingerprint density at radius 3 is 1.64 bits per heavy atom. The molecule has 0 aliphatic heterocycles. The van der Waals surface area contributed by atoms with Crippen molar-refractivity contribution < 1.29 is 41.4 Å². The molecule has 1 aromatic carbocycles. The fourth-order valence-electron chi connectivity index (χ4n) is 3.06. The largest absolute Gasteiger partial charge is 0.585 e. The first kappa shape index (κ1) is 29.9. The van der Waals surface area contributed by atoms with Crippen molar-refractivity contribution in [2.45, 2.75) is 85.2 Å². The molecule has 0 amide bonds. The summed E-state index contributed by atoms with van der Waals surface area (Å²) in [5.74, 6) is 0.266. The summed E-state index contributed by atoms with van der Waals surface area (Å²) in [4.78, 5) is 10.3. The van der Waals surface area contributed by atoms with Gasteiger partial charge in [0, 0.05) is 0 Å². The number of hydrogen-bond donors (Lipinski definition) is 0. The van der Waals surface area contributed by atoms with E-state index in [4.69, 9.17) is 23.6 Å². The van der Waals surface area contributed by atoms with Gasteiger partial charge in [0.1, 0.15) is 5.75 Å². The van der Waals surface area contributed by atoms with Crippen molar-refractivity contribution in [1.82, 2.24) is 0 Å². The second-order valence-corrected chi connectivity index (χ2v) is 9.49. The smallest absolute Gasteiger partial charge is 0.401 e. The average Bonchev–Trinajstić information content (AvgIpc) is 2.78. The minimum absolute atomic E-state index is 0.130. The van der Waals surface area contributed by atoms with Gasteiger partial charge in [0.2, 0.25) is 0 Å². The van der Waals surface area contributed by atoms with Crippen LogP contribution in [0.4, 0.5) is 13.2 Å². The standard InChI is InChI=1S/C23H38F3O6P/c1-5-9-11-19(7-3)17-28-31-33(27,32-29-18-20(8-4)12-10-6-2)30-22-15-13-21(14-16-22)23(24,25)26/h13-16,19-20H,5-12,17-18H2,1-4H3. The lowest BCUT2D eigenvalue weighted by Crippen LogP contribution is -2.13. The van der Waals surface area contributed by atoms with E-state index in [2.05, 4.69) is 13.8 Å². The van der Waals surface area contributed by atoms with E-state index in [-0.39, 0.29) is 30.8 Å². The highest BCUT2D eigenvalue weighted by Gasteiger charge is 2.35. The summed E-state index contributed by atoms with van der Waals surface area (Å²) >= 11 is 0. The van der Waals surface area contributed by atoms with Crippen molar-refractivity contribution in [2.24, 2.45) is 11.8 Å². The molecule has 0 saturated carbocycles. The molecule has 2 atom stereocenters. The summed E-state index contributed by atoms with van der Waals surface area (Å²) < 4.78 is 66.8. The Kier molecular flexibility index (Phi) is 14.2. The molecule has 0 radical (unpaired) electrons. The Morgan fingerprint density at radius 2 is 1.27 bits per heavy atom. The zero-order valence-electron chi connectivity index (χ0n) is 20.1. The van der Waals surface area contributed by atoms with Crippen molar-refractivity contribution in [1.29, 1.82) is 0 Å². The number of rotatable bonds is 18. The third kappa shape index (κ3) is 12.2. The third-order valence-electron chi connectivity index (χ3n) is 5.38. The molecule has 0 N–H and O–H groups in total. The van der Waals surface area contributed by atoms with Crippen molar-refractivity contribution >= 4 is 7.82 Å². The predicted molar refractivity (Wildman–Crippen MR) is 120 cm³/mol. The predicted octanol–water partition coefficient (Wildman–Crippen LogP) is 8.52. The molecule has 2 unspecified atom stereocenters. The molecule has 0 aliphatic rings. The van der Waals surface area contributed by atoms with Crippen LogP contribution in [0.3, 0.4) is 0 Å². The van der Waals surface area contributed by atoms with Crippen LogP contribution < -0.4 is 4.52 Å². The Labute approximate surface area is 195 Å². The molecular weight excluding hydrogens is 460 g/mol. The van der Waals surface area contributed by atoms with Crippen molar-refractivity contribution in [3.05, 3.63) is 29.8 Å². The van der Waals surface area contributed by atoms with Gasteiger partial charge in [-0.2, -0.15) is 13.2 Å². The van der Waals surface area contributed by atoms with Gasteiger partial charge in [-0.1, -0.05) is 66.2 Å². The van der Waals surface area contributed by atoms with Crippen LogP contribution in [0.15, 0.2) is 24.3 Å². The van der Waals surface area contributed by atoms with Crippen LogP contribution in [-0.2, 0) is 29.9 Å². The maximum absolute atomic E-state index is 13.1. The second-order valence-electron chi connectivity index (χ2n) is 8.11. The van der Waals surface area contributed by atoms with E-state index in [1.54, 1.807) is 0 Å². The molecule has 0 spiro atoms. The minimum Gasteiger partial charge on any atom is -0.401 e. The summed E-state index contributed by atoms with van der Waals surface area (Å²) in [5.41, 5.74) is -0.859. The van der Waals surface area contributed by atoms with Gasteiger partial charge in [0.15, 0.2) is 0 Å². The molecule has 1 rings (SSSR count). The lowest BCUT2D eigenvalue weighted by molar-refractivity contribution is -0.285. The quantitative estimate of drug-likeness (QED) is 0.115. The highest BCUT2D eigenvalue weighted by Crippen LogP contribution is 2.50. The molecule has 192 valence electrons. The van der Waals surface area contributed by atoms with Crippen LogP contribution in [0.25, 0.3) is 0 Å². The van der Waals surface area contributed by atoms with Crippen LogP contribution in [0, 0.1) is 11.8 Å². The van der Waals surface area contributed by atoms with Crippen molar-refractivity contribution in [2.75, 3.05) is 13.2 Å². The second kappa shape index (κ2) is 15.7. The highest BCUT2D eigenvalue weighted by molar-refractivity contribution is 7.48.